The number of hydrogen-bond acceptors (Lipinski definition) is 4. The lowest BCUT2D eigenvalue weighted by Crippen LogP contribution is -2.32. The molecular formula is C19H22ClN3O3S. The molecule has 3 rings (SSSR count). The van der Waals surface area contributed by atoms with Crippen molar-refractivity contribution in [3.8, 4) is 0 Å². The van der Waals surface area contributed by atoms with Gasteiger partial charge in [-0.15, -0.1) is 0 Å². The van der Waals surface area contributed by atoms with Crippen LogP contribution in [0.1, 0.15) is 19.8 Å². The van der Waals surface area contributed by atoms with E-state index in [1.165, 1.54) is 16.4 Å². The number of hydrogen-bond donors (Lipinski definition) is 2. The van der Waals surface area contributed by atoms with Crippen LogP contribution in [0, 0.1) is 0 Å². The molecule has 0 unspecified atom stereocenters. The molecule has 1 atom stereocenters. The quantitative estimate of drug-likeness (QED) is 0.767. The molecule has 1 fully saturated rings. The Hall–Kier alpha value is -2.09. The molecule has 27 heavy (non-hydrogen) atoms. The molecule has 6 nitrogen and oxygen atoms in total. The summed E-state index contributed by atoms with van der Waals surface area (Å²) < 4.78 is 26.5. The van der Waals surface area contributed by atoms with Gasteiger partial charge in [-0.1, -0.05) is 11.6 Å². The molecule has 0 radical (unpaired) electrons. The lowest BCUT2D eigenvalue weighted by atomic mass is 10.2. The van der Waals surface area contributed by atoms with Crippen molar-refractivity contribution in [3.05, 3.63) is 53.6 Å². The average Bonchev–Trinajstić information content (AvgIpc) is 3.19. The molecule has 0 spiro atoms. The first-order valence-electron chi connectivity index (χ1n) is 8.79. The molecule has 0 aliphatic carbocycles. The first-order valence-corrected chi connectivity index (χ1v) is 10.6. The van der Waals surface area contributed by atoms with Gasteiger partial charge in [0.05, 0.1) is 4.90 Å². The Morgan fingerprint density at radius 2 is 1.56 bits per heavy atom. The third kappa shape index (κ3) is 4.80. The van der Waals surface area contributed by atoms with Crippen LogP contribution in [0.5, 0.6) is 0 Å². The summed E-state index contributed by atoms with van der Waals surface area (Å²) in [5.41, 5.74) is 1.33. The SMILES string of the molecule is C[C@H](Nc1ccc(Cl)cc1)C(=O)Nc1ccc(S(=O)(=O)N2CCCC2)cc1. The zero-order chi connectivity index (χ0) is 19.4. The Labute approximate surface area is 164 Å². The molecule has 2 aromatic rings. The second-order valence-corrected chi connectivity index (χ2v) is 8.87. The van der Waals surface area contributed by atoms with Gasteiger partial charge in [0.1, 0.15) is 6.04 Å². The average molecular weight is 408 g/mol. The molecule has 1 aliphatic heterocycles. The summed E-state index contributed by atoms with van der Waals surface area (Å²) in [6, 6.07) is 12.9. The first kappa shape index (κ1) is 19.7. The van der Waals surface area contributed by atoms with E-state index >= 15 is 0 Å². The predicted molar refractivity (Wildman–Crippen MR) is 108 cm³/mol. The van der Waals surface area contributed by atoms with E-state index in [1.54, 1.807) is 43.3 Å². The number of carbonyl (C=O) groups excluding carboxylic acids is 1. The van der Waals surface area contributed by atoms with Crippen LogP contribution in [0.2, 0.25) is 5.02 Å². The van der Waals surface area contributed by atoms with Gasteiger partial charge in [-0.3, -0.25) is 4.79 Å². The van der Waals surface area contributed by atoms with E-state index in [2.05, 4.69) is 10.6 Å². The van der Waals surface area contributed by atoms with Crippen molar-refractivity contribution in [2.75, 3.05) is 23.7 Å². The molecule has 1 saturated heterocycles. The maximum absolute atomic E-state index is 12.5. The zero-order valence-electron chi connectivity index (χ0n) is 15.0. The van der Waals surface area contributed by atoms with Gasteiger partial charge >= 0.3 is 0 Å². The van der Waals surface area contributed by atoms with E-state index < -0.39 is 16.1 Å². The van der Waals surface area contributed by atoms with Gasteiger partial charge in [-0.25, -0.2) is 8.42 Å². The maximum atomic E-state index is 12.5. The molecule has 1 aliphatic rings. The third-order valence-corrected chi connectivity index (χ3v) is 6.61. The summed E-state index contributed by atoms with van der Waals surface area (Å²) in [5.74, 6) is -0.222. The number of nitrogens with zero attached hydrogens (tertiary/aromatic N) is 1. The van der Waals surface area contributed by atoms with Crippen molar-refractivity contribution in [1.29, 1.82) is 0 Å². The van der Waals surface area contributed by atoms with Gasteiger partial charge in [0.2, 0.25) is 15.9 Å². The molecule has 0 saturated carbocycles. The van der Waals surface area contributed by atoms with Crippen LogP contribution in [0.4, 0.5) is 11.4 Å². The Kier molecular flexibility index (Phi) is 6.04. The number of benzene rings is 2. The van der Waals surface area contributed by atoms with Crippen LogP contribution in [-0.2, 0) is 14.8 Å². The molecule has 1 amide bonds. The van der Waals surface area contributed by atoms with E-state index in [4.69, 9.17) is 11.6 Å². The number of nitrogens with one attached hydrogen (secondary N) is 2. The monoisotopic (exact) mass is 407 g/mol. The lowest BCUT2D eigenvalue weighted by Gasteiger charge is -2.17. The lowest BCUT2D eigenvalue weighted by molar-refractivity contribution is -0.116. The highest BCUT2D eigenvalue weighted by Crippen LogP contribution is 2.22. The third-order valence-electron chi connectivity index (χ3n) is 4.45. The van der Waals surface area contributed by atoms with Gasteiger partial charge in [-0.2, -0.15) is 4.31 Å². The smallest absolute Gasteiger partial charge is 0.246 e. The molecule has 0 bridgehead atoms. The van der Waals surface area contributed by atoms with Crippen LogP contribution in [0.3, 0.4) is 0 Å². The normalized spacial score (nSPS) is 16.1. The fraction of sp³-hybridized carbons (Fsp3) is 0.316. The minimum Gasteiger partial charge on any atom is -0.374 e. The fourth-order valence-electron chi connectivity index (χ4n) is 2.90. The molecule has 0 aromatic heterocycles. The van der Waals surface area contributed by atoms with E-state index in [1.807, 2.05) is 0 Å². The van der Waals surface area contributed by atoms with Crippen molar-refractivity contribution in [2.24, 2.45) is 0 Å². The van der Waals surface area contributed by atoms with Gasteiger partial charge in [0, 0.05) is 29.5 Å². The van der Waals surface area contributed by atoms with Gasteiger partial charge in [0.15, 0.2) is 0 Å². The summed E-state index contributed by atoms with van der Waals surface area (Å²) in [4.78, 5) is 12.6. The van der Waals surface area contributed by atoms with Crippen molar-refractivity contribution in [2.45, 2.75) is 30.7 Å². The van der Waals surface area contributed by atoms with Gasteiger partial charge in [0.25, 0.3) is 0 Å². The van der Waals surface area contributed by atoms with Crippen molar-refractivity contribution in [3.63, 3.8) is 0 Å². The zero-order valence-corrected chi connectivity index (χ0v) is 16.6. The Bertz CT molecular complexity index is 893. The van der Waals surface area contributed by atoms with E-state index in [-0.39, 0.29) is 10.8 Å². The van der Waals surface area contributed by atoms with E-state index in [9.17, 15) is 13.2 Å². The van der Waals surface area contributed by atoms with Crippen LogP contribution in [0.25, 0.3) is 0 Å². The molecule has 2 aromatic carbocycles. The molecule has 8 heteroatoms. The standard InChI is InChI=1S/C19H22ClN3O3S/c1-14(21-16-6-4-15(20)5-7-16)19(24)22-17-8-10-18(11-9-17)27(25,26)23-12-2-3-13-23/h4-11,14,21H,2-3,12-13H2,1H3,(H,22,24)/t14-/m0/s1. The number of rotatable bonds is 6. The number of carbonyl (C=O) groups is 1. The predicted octanol–water partition coefficient (Wildman–Crippen LogP) is 3.56. The highest BCUT2D eigenvalue weighted by atomic mass is 35.5. The minimum absolute atomic E-state index is 0.222. The van der Waals surface area contributed by atoms with E-state index in [0.717, 1.165) is 18.5 Å². The summed E-state index contributed by atoms with van der Waals surface area (Å²) in [7, 11) is -3.45. The van der Waals surface area contributed by atoms with Crippen molar-refractivity contribution >= 4 is 38.9 Å². The largest absolute Gasteiger partial charge is 0.374 e. The number of sulfonamides is 1. The van der Waals surface area contributed by atoms with Gasteiger partial charge in [-0.05, 0) is 68.3 Å². The van der Waals surface area contributed by atoms with Crippen molar-refractivity contribution in [1.82, 2.24) is 4.31 Å². The highest BCUT2D eigenvalue weighted by Gasteiger charge is 2.27. The van der Waals surface area contributed by atoms with Crippen LogP contribution >= 0.6 is 11.6 Å². The summed E-state index contributed by atoms with van der Waals surface area (Å²) in [6.07, 6.45) is 1.79. The highest BCUT2D eigenvalue weighted by molar-refractivity contribution is 7.89. The topological polar surface area (TPSA) is 78.5 Å². The van der Waals surface area contributed by atoms with E-state index in [0.29, 0.717) is 23.8 Å². The molecule has 2 N–H and O–H groups in total. The second-order valence-electron chi connectivity index (χ2n) is 6.50. The summed E-state index contributed by atoms with van der Waals surface area (Å²) in [6.45, 7) is 2.87. The summed E-state index contributed by atoms with van der Waals surface area (Å²) >= 11 is 5.85. The minimum atomic E-state index is -3.45. The van der Waals surface area contributed by atoms with Crippen LogP contribution < -0.4 is 10.6 Å². The first-order chi connectivity index (χ1) is 12.9. The number of halogens is 1. The summed E-state index contributed by atoms with van der Waals surface area (Å²) in [5, 5.41) is 6.50. The Morgan fingerprint density at radius 3 is 2.15 bits per heavy atom. The number of anilines is 2. The maximum Gasteiger partial charge on any atom is 0.246 e. The van der Waals surface area contributed by atoms with Crippen LogP contribution in [0.15, 0.2) is 53.4 Å². The second kappa shape index (κ2) is 8.29. The Balaban J connectivity index is 1.61. The van der Waals surface area contributed by atoms with Crippen molar-refractivity contribution < 1.29 is 13.2 Å². The van der Waals surface area contributed by atoms with Gasteiger partial charge < -0.3 is 10.6 Å². The fourth-order valence-corrected chi connectivity index (χ4v) is 4.54. The molecule has 1 heterocycles. The number of amides is 1. The Morgan fingerprint density at radius 1 is 1.00 bits per heavy atom. The molecule has 144 valence electrons. The van der Waals surface area contributed by atoms with Crippen LogP contribution in [-0.4, -0.2) is 37.8 Å². The molecular weight excluding hydrogens is 386 g/mol.